The zero-order valence-corrected chi connectivity index (χ0v) is 12.0. The van der Waals surface area contributed by atoms with Crippen molar-refractivity contribution in [2.45, 2.75) is 32.4 Å². The number of hydrogen-bond donors (Lipinski definition) is 1. The highest BCUT2D eigenvalue weighted by atomic mass is 16.5. The number of ether oxygens (including phenoxy) is 1. The van der Waals surface area contributed by atoms with Crippen molar-refractivity contribution in [2.75, 3.05) is 32.8 Å². The topological polar surface area (TPSA) is 37.4 Å². The average Bonchev–Trinajstić information content (AvgIpc) is 2.49. The van der Waals surface area contributed by atoms with E-state index < -0.39 is 0 Å². The van der Waals surface area contributed by atoms with Crippen molar-refractivity contribution >= 4 is 0 Å². The third kappa shape index (κ3) is 4.00. The van der Waals surface area contributed by atoms with E-state index in [1.807, 2.05) is 18.5 Å². The summed E-state index contributed by atoms with van der Waals surface area (Å²) < 4.78 is 5.99. The summed E-state index contributed by atoms with van der Waals surface area (Å²) in [6.07, 6.45) is 5.10. The van der Waals surface area contributed by atoms with Gasteiger partial charge in [0.15, 0.2) is 0 Å². The molecule has 2 heterocycles. The van der Waals surface area contributed by atoms with E-state index in [4.69, 9.17) is 4.74 Å². The number of likely N-dealkylation sites (N-methyl/N-ethyl adjacent to an activating group) is 1. The van der Waals surface area contributed by atoms with E-state index in [0.717, 1.165) is 39.2 Å². The molecule has 4 nitrogen and oxygen atoms in total. The zero-order valence-electron chi connectivity index (χ0n) is 12.0. The fourth-order valence-electron chi connectivity index (χ4n) is 2.54. The van der Waals surface area contributed by atoms with Crippen molar-refractivity contribution in [3.63, 3.8) is 0 Å². The summed E-state index contributed by atoms with van der Waals surface area (Å²) in [6.45, 7) is 9.35. The molecule has 1 aliphatic heterocycles. The summed E-state index contributed by atoms with van der Waals surface area (Å²) in [5, 5.41) is 3.61. The van der Waals surface area contributed by atoms with Gasteiger partial charge in [0.05, 0.1) is 18.8 Å². The Labute approximate surface area is 116 Å². The minimum absolute atomic E-state index is 0.212. The van der Waals surface area contributed by atoms with Gasteiger partial charge in [-0.1, -0.05) is 19.9 Å². The van der Waals surface area contributed by atoms with E-state index in [1.165, 1.54) is 5.56 Å². The Balaban J connectivity index is 2.08. The zero-order chi connectivity index (χ0) is 13.5. The molecule has 19 heavy (non-hydrogen) atoms. The molecule has 1 fully saturated rings. The molecular weight excluding hydrogens is 238 g/mol. The van der Waals surface area contributed by atoms with Gasteiger partial charge in [-0.2, -0.15) is 0 Å². The van der Waals surface area contributed by atoms with Crippen LogP contribution in [0, 0.1) is 0 Å². The van der Waals surface area contributed by atoms with Crippen LogP contribution < -0.4 is 5.32 Å². The molecular formula is C15H25N3O. The lowest BCUT2D eigenvalue weighted by atomic mass is 10.0. The van der Waals surface area contributed by atoms with Gasteiger partial charge in [0.1, 0.15) is 0 Å². The molecule has 0 bridgehead atoms. The van der Waals surface area contributed by atoms with Crippen molar-refractivity contribution in [3.8, 4) is 0 Å². The summed E-state index contributed by atoms with van der Waals surface area (Å²) in [6, 6.07) is 4.37. The van der Waals surface area contributed by atoms with Gasteiger partial charge in [0.2, 0.25) is 0 Å². The molecule has 0 aliphatic carbocycles. The first-order valence-corrected chi connectivity index (χ1v) is 7.32. The van der Waals surface area contributed by atoms with Crippen LogP contribution in [0.3, 0.4) is 0 Å². The maximum absolute atomic E-state index is 5.99. The van der Waals surface area contributed by atoms with Gasteiger partial charge in [-0.15, -0.1) is 0 Å². The molecule has 2 rings (SSSR count). The molecule has 2 atom stereocenters. The van der Waals surface area contributed by atoms with Gasteiger partial charge < -0.3 is 10.1 Å². The third-order valence-electron chi connectivity index (χ3n) is 3.65. The molecule has 0 radical (unpaired) electrons. The van der Waals surface area contributed by atoms with Gasteiger partial charge in [-0.25, -0.2) is 0 Å². The highest BCUT2D eigenvalue weighted by Gasteiger charge is 2.28. The van der Waals surface area contributed by atoms with Crippen LogP contribution in [-0.2, 0) is 4.74 Å². The Morgan fingerprint density at radius 1 is 1.53 bits per heavy atom. The van der Waals surface area contributed by atoms with Gasteiger partial charge in [-0.3, -0.25) is 9.88 Å². The average molecular weight is 263 g/mol. The monoisotopic (exact) mass is 263 g/mol. The largest absolute Gasteiger partial charge is 0.374 e. The summed E-state index contributed by atoms with van der Waals surface area (Å²) in [5.74, 6) is 0. The molecule has 0 spiro atoms. The Morgan fingerprint density at radius 2 is 2.42 bits per heavy atom. The van der Waals surface area contributed by atoms with Crippen LogP contribution >= 0.6 is 0 Å². The second-order valence-corrected chi connectivity index (χ2v) is 5.02. The molecule has 1 aliphatic rings. The number of aromatic nitrogens is 1. The van der Waals surface area contributed by atoms with E-state index in [0.29, 0.717) is 0 Å². The lowest BCUT2D eigenvalue weighted by molar-refractivity contribution is -0.0456. The molecule has 1 N–H and O–H groups in total. The van der Waals surface area contributed by atoms with E-state index in [2.05, 4.69) is 35.1 Å². The summed E-state index contributed by atoms with van der Waals surface area (Å²) in [7, 11) is 0. The fourth-order valence-corrected chi connectivity index (χ4v) is 2.54. The predicted molar refractivity (Wildman–Crippen MR) is 77.1 cm³/mol. The predicted octanol–water partition coefficient (Wildman–Crippen LogP) is 1.84. The molecule has 1 aromatic rings. The standard InChI is InChI=1S/C15H25N3O/c1-3-7-17-15(13-6-5-8-16-11-13)14-12-18(4-2)9-10-19-14/h5-6,8,11,14-15,17H,3-4,7,9-10,12H2,1-2H3. The summed E-state index contributed by atoms with van der Waals surface area (Å²) in [5.41, 5.74) is 1.22. The number of nitrogens with one attached hydrogen (secondary N) is 1. The van der Waals surface area contributed by atoms with Crippen LogP contribution in [0.4, 0.5) is 0 Å². The van der Waals surface area contributed by atoms with Crippen molar-refractivity contribution in [3.05, 3.63) is 30.1 Å². The van der Waals surface area contributed by atoms with Crippen LogP contribution in [0.1, 0.15) is 31.9 Å². The molecule has 4 heteroatoms. The summed E-state index contributed by atoms with van der Waals surface area (Å²) >= 11 is 0. The van der Waals surface area contributed by atoms with Gasteiger partial charge in [0.25, 0.3) is 0 Å². The van der Waals surface area contributed by atoms with Crippen molar-refractivity contribution in [2.24, 2.45) is 0 Å². The molecule has 0 aromatic carbocycles. The van der Waals surface area contributed by atoms with Crippen LogP contribution in [0.25, 0.3) is 0 Å². The second-order valence-electron chi connectivity index (χ2n) is 5.02. The number of morpholine rings is 1. The Hall–Kier alpha value is -0.970. The van der Waals surface area contributed by atoms with Crippen molar-refractivity contribution < 1.29 is 4.74 Å². The van der Waals surface area contributed by atoms with Crippen LogP contribution in [0.15, 0.2) is 24.5 Å². The molecule has 2 unspecified atom stereocenters. The van der Waals surface area contributed by atoms with E-state index >= 15 is 0 Å². The van der Waals surface area contributed by atoms with E-state index in [-0.39, 0.29) is 12.1 Å². The molecule has 0 amide bonds. The highest BCUT2D eigenvalue weighted by Crippen LogP contribution is 2.21. The maximum atomic E-state index is 5.99. The maximum Gasteiger partial charge on any atom is 0.0897 e. The summed E-state index contributed by atoms with van der Waals surface area (Å²) in [4.78, 5) is 6.69. The number of hydrogen-bond acceptors (Lipinski definition) is 4. The van der Waals surface area contributed by atoms with Crippen molar-refractivity contribution in [1.29, 1.82) is 0 Å². The van der Waals surface area contributed by atoms with E-state index in [1.54, 1.807) is 0 Å². The first-order valence-electron chi connectivity index (χ1n) is 7.32. The smallest absolute Gasteiger partial charge is 0.0897 e. The van der Waals surface area contributed by atoms with Crippen LogP contribution in [0.2, 0.25) is 0 Å². The molecule has 0 saturated carbocycles. The number of nitrogens with zero attached hydrogens (tertiary/aromatic N) is 2. The van der Waals surface area contributed by atoms with Crippen LogP contribution in [-0.4, -0.2) is 48.8 Å². The quantitative estimate of drug-likeness (QED) is 0.850. The van der Waals surface area contributed by atoms with Gasteiger partial charge in [-0.05, 0) is 31.1 Å². The molecule has 1 aromatic heterocycles. The molecule has 1 saturated heterocycles. The van der Waals surface area contributed by atoms with E-state index in [9.17, 15) is 0 Å². The van der Waals surface area contributed by atoms with Gasteiger partial charge in [0, 0.05) is 25.5 Å². The minimum Gasteiger partial charge on any atom is -0.374 e. The normalized spacial score (nSPS) is 22.3. The number of rotatable bonds is 6. The van der Waals surface area contributed by atoms with Gasteiger partial charge >= 0.3 is 0 Å². The second kappa shape index (κ2) is 7.58. The Bertz CT molecular complexity index is 358. The first-order chi connectivity index (χ1) is 9.35. The van der Waals surface area contributed by atoms with Crippen LogP contribution in [0.5, 0.6) is 0 Å². The lowest BCUT2D eigenvalue weighted by Crippen LogP contribution is -2.48. The minimum atomic E-state index is 0.212. The fraction of sp³-hybridized carbons (Fsp3) is 0.667. The highest BCUT2D eigenvalue weighted by molar-refractivity contribution is 5.16. The SMILES string of the molecule is CCCNC(c1cccnc1)C1CN(CC)CCO1. The first kappa shape index (κ1) is 14.4. The Morgan fingerprint density at radius 3 is 3.11 bits per heavy atom. The Kier molecular flexibility index (Phi) is 5.76. The number of pyridine rings is 1. The lowest BCUT2D eigenvalue weighted by Gasteiger charge is -2.37. The van der Waals surface area contributed by atoms with Crippen molar-refractivity contribution in [1.82, 2.24) is 15.2 Å². The third-order valence-corrected chi connectivity index (χ3v) is 3.65. The molecule has 106 valence electrons.